The molecule has 0 spiro atoms. The normalized spacial score (nSPS) is 12.3. The van der Waals surface area contributed by atoms with E-state index in [1.165, 1.54) is 6.20 Å². The molecule has 204 valence electrons. The zero-order valence-corrected chi connectivity index (χ0v) is 22.0. The lowest BCUT2D eigenvalue weighted by Crippen LogP contribution is -2.40. The lowest BCUT2D eigenvalue weighted by atomic mass is 10.1. The minimum absolute atomic E-state index is 0.0166. The molecule has 38 heavy (non-hydrogen) atoms. The van der Waals surface area contributed by atoms with Gasteiger partial charge >= 0.3 is 13.6 Å². The molecule has 0 saturated heterocycles. The number of nitrogens with zero attached hydrogens (tertiary/aromatic N) is 4. The summed E-state index contributed by atoms with van der Waals surface area (Å²) in [5.74, 6) is -1.58. The summed E-state index contributed by atoms with van der Waals surface area (Å²) in [6, 6.07) is 5.33. The molecule has 2 heterocycles. The fourth-order valence-corrected chi connectivity index (χ4v) is 5.24. The number of carbonyl (C=O) groups excluding carboxylic acids is 1. The van der Waals surface area contributed by atoms with Crippen LogP contribution in [0.15, 0.2) is 30.5 Å². The first-order chi connectivity index (χ1) is 18.1. The Kier molecular flexibility index (Phi) is 9.88. The predicted octanol–water partition coefficient (Wildman–Crippen LogP) is 2.43. The van der Waals surface area contributed by atoms with Crippen molar-refractivity contribution in [3.8, 4) is 0 Å². The summed E-state index contributed by atoms with van der Waals surface area (Å²) in [4.78, 5) is 40.8. The van der Waals surface area contributed by atoms with Gasteiger partial charge in [-0.15, -0.1) is 0 Å². The summed E-state index contributed by atoms with van der Waals surface area (Å²) in [5, 5.41) is 15.2. The monoisotopic (exact) mass is 546 g/mol. The number of nitrogens with two attached hydrogens (primary N) is 2. The first-order valence-electron chi connectivity index (χ1n) is 11.9. The molecule has 1 aromatic carbocycles. The molecule has 0 aliphatic carbocycles. The Bertz CT molecular complexity index is 1310. The van der Waals surface area contributed by atoms with Crippen molar-refractivity contribution in [1.29, 1.82) is 0 Å². The topological polar surface area (TPSA) is 218 Å². The Balaban J connectivity index is 1.56. The fraction of sp³-hybridized carbons (Fsp3) is 0.391. The van der Waals surface area contributed by atoms with Crippen molar-refractivity contribution in [2.45, 2.75) is 39.3 Å². The van der Waals surface area contributed by atoms with E-state index in [0.717, 1.165) is 0 Å². The number of carboxylic acid groups (broad SMARTS) is 1. The number of aromatic nitrogens is 4. The number of anilines is 3. The van der Waals surface area contributed by atoms with Gasteiger partial charge < -0.3 is 36.3 Å². The zero-order chi connectivity index (χ0) is 27.7. The van der Waals surface area contributed by atoms with Crippen LogP contribution in [0.1, 0.15) is 42.7 Å². The molecule has 0 saturated carbocycles. The van der Waals surface area contributed by atoms with Gasteiger partial charge in [-0.2, -0.15) is 9.97 Å². The highest BCUT2D eigenvalue weighted by Crippen LogP contribution is 2.48. The molecule has 0 unspecified atom stereocenters. The van der Waals surface area contributed by atoms with Gasteiger partial charge in [0, 0.05) is 11.3 Å². The molecule has 2 aromatic heterocycles. The van der Waals surface area contributed by atoms with E-state index in [0.29, 0.717) is 29.1 Å². The number of carbonyl (C=O) groups is 2. The van der Waals surface area contributed by atoms with Gasteiger partial charge in [-0.25, -0.2) is 14.8 Å². The van der Waals surface area contributed by atoms with Crippen LogP contribution in [0.5, 0.6) is 0 Å². The number of benzene rings is 1. The lowest BCUT2D eigenvalue weighted by Gasteiger charge is -2.19. The van der Waals surface area contributed by atoms with Crippen LogP contribution in [0.2, 0.25) is 0 Å². The van der Waals surface area contributed by atoms with E-state index >= 15 is 0 Å². The highest BCUT2D eigenvalue weighted by atomic mass is 31.2. The van der Waals surface area contributed by atoms with E-state index in [1.54, 1.807) is 38.1 Å². The van der Waals surface area contributed by atoms with Gasteiger partial charge in [0.15, 0.2) is 17.0 Å². The van der Waals surface area contributed by atoms with Crippen molar-refractivity contribution in [3.05, 3.63) is 41.7 Å². The van der Waals surface area contributed by atoms with Crippen LogP contribution in [-0.4, -0.2) is 62.3 Å². The Morgan fingerprint density at radius 3 is 2.39 bits per heavy atom. The Hall–Kier alpha value is -3.87. The number of fused-ring (bicyclic) bond motifs is 1. The number of amides is 1. The zero-order valence-electron chi connectivity index (χ0n) is 21.1. The molecule has 0 aliphatic heterocycles. The fourth-order valence-electron chi connectivity index (χ4n) is 3.55. The van der Waals surface area contributed by atoms with Gasteiger partial charge in [0.2, 0.25) is 5.95 Å². The molecule has 0 radical (unpaired) electrons. The molecule has 0 aliphatic rings. The summed E-state index contributed by atoms with van der Waals surface area (Å²) < 4.78 is 23.0. The first kappa shape index (κ1) is 28.7. The van der Waals surface area contributed by atoms with Gasteiger partial charge in [-0.05, 0) is 51.0 Å². The standard InChI is InChI=1S/C23H31N8O6P/c1-3-36-38(35,37-4-2)11-5-6-17(22(33)34)29-21(32)14-7-9-15(10-8-14)26-12-16-13-27-20-18(28-16)19(24)30-23(25)31-20/h7-10,13,17,26H,3-6,11-12H2,1-2H3,(H,29,32)(H,33,34)(H4,24,25,27,30,31)/t17-/m0/s1. The molecule has 1 amide bonds. The van der Waals surface area contributed by atoms with E-state index < -0.39 is 25.5 Å². The van der Waals surface area contributed by atoms with Crippen molar-refractivity contribution >= 4 is 48.1 Å². The van der Waals surface area contributed by atoms with Crippen molar-refractivity contribution in [2.75, 3.05) is 36.2 Å². The SMILES string of the molecule is CCOP(=O)(CCC[C@H](NC(=O)c1ccc(NCc2cnc3nc(N)nc(N)c3n2)cc1)C(=O)O)OCC. The highest BCUT2D eigenvalue weighted by Gasteiger charge is 2.26. The van der Waals surface area contributed by atoms with Crippen LogP contribution < -0.4 is 22.1 Å². The van der Waals surface area contributed by atoms with Gasteiger partial charge in [-0.3, -0.25) is 9.36 Å². The smallest absolute Gasteiger partial charge is 0.330 e. The number of hydrogen-bond donors (Lipinski definition) is 5. The van der Waals surface area contributed by atoms with E-state index in [-0.39, 0.29) is 49.5 Å². The van der Waals surface area contributed by atoms with E-state index in [2.05, 4.69) is 30.6 Å². The summed E-state index contributed by atoms with van der Waals surface area (Å²) in [6.45, 7) is 4.15. The van der Waals surface area contributed by atoms with Crippen molar-refractivity contribution in [2.24, 2.45) is 0 Å². The van der Waals surface area contributed by atoms with E-state index in [9.17, 15) is 19.3 Å². The lowest BCUT2D eigenvalue weighted by molar-refractivity contribution is -0.139. The van der Waals surface area contributed by atoms with Crippen LogP contribution in [0.4, 0.5) is 17.5 Å². The third-order valence-corrected chi connectivity index (χ3v) is 7.47. The highest BCUT2D eigenvalue weighted by molar-refractivity contribution is 7.53. The molecule has 15 heteroatoms. The average molecular weight is 547 g/mol. The minimum atomic E-state index is -3.29. The van der Waals surface area contributed by atoms with E-state index in [4.69, 9.17) is 20.5 Å². The van der Waals surface area contributed by atoms with Gasteiger partial charge in [-0.1, -0.05) is 0 Å². The maximum atomic E-state index is 12.6. The summed E-state index contributed by atoms with van der Waals surface area (Å²) in [7, 11) is -3.29. The maximum Gasteiger partial charge on any atom is 0.330 e. The molecule has 0 bridgehead atoms. The summed E-state index contributed by atoms with van der Waals surface area (Å²) in [6.07, 6.45) is 1.90. The summed E-state index contributed by atoms with van der Waals surface area (Å²) >= 11 is 0. The average Bonchev–Trinajstić information content (AvgIpc) is 2.87. The molecule has 1 atom stereocenters. The number of carboxylic acids is 1. The molecular weight excluding hydrogens is 515 g/mol. The van der Waals surface area contributed by atoms with Crippen molar-refractivity contribution in [1.82, 2.24) is 25.3 Å². The first-order valence-corrected chi connectivity index (χ1v) is 13.7. The molecule has 3 rings (SSSR count). The second kappa shape index (κ2) is 13.1. The number of aliphatic carboxylic acids is 1. The minimum Gasteiger partial charge on any atom is -0.480 e. The van der Waals surface area contributed by atoms with Crippen LogP contribution in [0, 0.1) is 0 Å². The molecule has 3 aromatic rings. The quantitative estimate of drug-likeness (QED) is 0.184. The predicted molar refractivity (Wildman–Crippen MR) is 142 cm³/mol. The van der Waals surface area contributed by atoms with Crippen molar-refractivity contribution < 1.29 is 28.3 Å². The van der Waals surface area contributed by atoms with Gasteiger partial charge in [0.25, 0.3) is 5.91 Å². The maximum absolute atomic E-state index is 12.6. The second-order valence-corrected chi connectivity index (χ2v) is 10.3. The number of nitrogens with one attached hydrogen (secondary N) is 2. The summed E-state index contributed by atoms with van der Waals surface area (Å²) in [5.41, 5.74) is 13.6. The third-order valence-electron chi connectivity index (χ3n) is 5.30. The number of nitrogen functional groups attached to an aromatic ring is 2. The van der Waals surface area contributed by atoms with Crippen LogP contribution >= 0.6 is 7.60 Å². The second-order valence-electron chi connectivity index (χ2n) is 8.11. The van der Waals surface area contributed by atoms with Gasteiger partial charge in [0.05, 0.1) is 37.8 Å². The largest absolute Gasteiger partial charge is 0.480 e. The Labute approximate surface area is 219 Å². The van der Waals surface area contributed by atoms with Crippen LogP contribution in [0.25, 0.3) is 11.2 Å². The number of hydrogen-bond acceptors (Lipinski definition) is 12. The molecule has 0 fully saturated rings. The van der Waals surface area contributed by atoms with E-state index in [1.807, 2.05) is 0 Å². The molecule has 7 N–H and O–H groups in total. The Morgan fingerprint density at radius 1 is 1.08 bits per heavy atom. The van der Waals surface area contributed by atoms with Crippen LogP contribution in [-0.2, 0) is 25.0 Å². The molecule has 14 nitrogen and oxygen atoms in total. The number of rotatable bonds is 14. The van der Waals surface area contributed by atoms with Crippen LogP contribution in [0.3, 0.4) is 0 Å². The Morgan fingerprint density at radius 2 is 1.76 bits per heavy atom. The third kappa shape index (κ3) is 7.81. The van der Waals surface area contributed by atoms with Crippen molar-refractivity contribution in [3.63, 3.8) is 0 Å². The molecular formula is C23H31N8O6P. The van der Waals surface area contributed by atoms with Gasteiger partial charge in [0.1, 0.15) is 6.04 Å².